The summed E-state index contributed by atoms with van der Waals surface area (Å²) >= 11 is 0. The summed E-state index contributed by atoms with van der Waals surface area (Å²) in [5.41, 5.74) is -0.0389. The van der Waals surface area contributed by atoms with Crippen LogP contribution in [0.15, 0.2) is 0 Å². The summed E-state index contributed by atoms with van der Waals surface area (Å²) in [6.07, 6.45) is 2.28. The van der Waals surface area contributed by atoms with Gasteiger partial charge in [-0.2, -0.15) is 0 Å². The first-order valence-electron chi connectivity index (χ1n) is 4.74. The highest BCUT2D eigenvalue weighted by Gasteiger charge is 2.59. The Hall–Kier alpha value is -0.860. The highest BCUT2D eigenvalue weighted by molar-refractivity contribution is 5.86. The van der Waals surface area contributed by atoms with E-state index >= 15 is 0 Å². The minimum atomic E-state index is -0.232. The molecule has 0 bridgehead atoms. The molecule has 0 saturated heterocycles. The average molecular weight is 182 g/mol. The lowest BCUT2D eigenvalue weighted by molar-refractivity contribution is -0.174. The van der Waals surface area contributed by atoms with Crippen molar-refractivity contribution in [2.24, 2.45) is 11.3 Å². The van der Waals surface area contributed by atoms with Crippen LogP contribution in [0.1, 0.15) is 33.1 Å². The number of hydrogen-bond donors (Lipinski definition) is 0. The van der Waals surface area contributed by atoms with Gasteiger partial charge in [-0.3, -0.25) is 9.59 Å². The summed E-state index contributed by atoms with van der Waals surface area (Å²) in [7, 11) is 0. The van der Waals surface area contributed by atoms with Gasteiger partial charge < -0.3 is 4.74 Å². The normalized spacial score (nSPS) is 42.5. The molecular weight excluding hydrogens is 168 g/mol. The fraction of sp³-hybridized carbons (Fsp3) is 0.800. The fourth-order valence-electron chi connectivity index (χ4n) is 2.60. The number of carbonyl (C=O) groups is 2. The van der Waals surface area contributed by atoms with E-state index in [1.807, 2.05) is 0 Å². The van der Waals surface area contributed by atoms with Crippen molar-refractivity contribution in [2.75, 3.05) is 0 Å². The van der Waals surface area contributed by atoms with E-state index in [2.05, 4.69) is 6.92 Å². The molecule has 2 aliphatic rings. The number of esters is 1. The summed E-state index contributed by atoms with van der Waals surface area (Å²) < 4.78 is 5.16. The van der Waals surface area contributed by atoms with Crippen molar-refractivity contribution in [3.8, 4) is 0 Å². The number of ketones is 1. The van der Waals surface area contributed by atoms with Crippen LogP contribution in [0.5, 0.6) is 0 Å². The fourth-order valence-corrected chi connectivity index (χ4v) is 2.60. The minimum Gasteiger partial charge on any atom is -0.462 e. The molecule has 0 aromatic heterocycles. The number of hydrogen-bond acceptors (Lipinski definition) is 3. The second kappa shape index (κ2) is 2.56. The summed E-state index contributed by atoms with van der Waals surface area (Å²) in [6.45, 7) is 3.48. The summed E-state index contributed by atoms with van der Waals surface area (Å²) in [5.74, 6) is 0.284. The van der Waals surface area contributed by atoms with Crippen LogP contribution >= 0.6 is 0 Å². The van der Waals surface area contributed by atoms with Gasteiger partial charge in [0, 0.05) is 24.7 Å². The standard InChI is InChI=1S/C10H14O3/c1-6(11)13-9-5-7-8(12)3-4-10(7,9)2/h7,9H,3-5H2,1-2H3. The smallest absolute Gasteiger partial charge is 0.302 e. The van der Waals surface area contributed by atoms with Gasteiger partial charge in [-0.15, -0.1) is 0 Å². The maximum Gasteiger partial charge on any atom is 0.302 e. The van der Waals surface area contributed by atoms with Gasteiger partial charge in [0.25, 0.3) is 0 Å². The van der Waals surface area contributed by atoms with Crippen LogP contribution in [-0.2, 0) is 14.3 Å². The molecule has 0 aromatic carbocycles. The Balaban J connectivity index is 2.06. The molecule has 0 heterocycles. The molecule has 0 aliphatic heterocycles. The zero-order valence-corrected chi connectivity index (χ0v) is 8.00. The maximum atomic E-state index is 11.3. The monoisotopic (exact) mass is 182 g/mol. The van der Waals surface area contributed by atoms with Gasteiger partial charge in [-0.1, -0.05) is 6.92 Å². The molecule has 0 radical (unpaired) electrons. The molecule has 0 amide bonds. The predicted molar refractivity (Wildman–Crippen MR) is 46.0 cm³/mol. The zero-order chi connectivity index (χ0) is 9.64. The molecule has 3 heteroatoms. The number of fused-ring (bicyclic) bond motifs is 1. The van der Waals surface area contributed by atoms with E-state index < -0.39 is 0 Å². The molecule has 3 atom stereocenters. The number of ether oxygens (including phenoxy) is 1. The Morgan fingerprint density at radius 3 is 2.85 bits per heavy atom. The third-order valence-electron chi connectivity index (χ3n) is 3.59. The molecule has 2 saturated carbocycles. The van der Waals surface area contributed by atoms with Crippen molar-refractivity contribution >= 4 is 11.8 Å². The summed E-state index contributed by atoms with van der Waals surface area (Å²) in [4.78, 5) is 22.1. The quantitative estimate of drug-likeness (QED) is 0.574. The maximum absolute atomic E-state index is 11.3. The van der Waals surface area contributed by atoms with E-state index in [9.17, 15) is 9.59 Å². The topological polar surface area (TPSA) is 43.4 Å². The average Bonchev–Trinajstić information content (AvgIpc) is 2.26. The van der Waals surface area contributed by atoms with Crippen molar-refractivity contribution in [1.29, 1.82) is 0 Å². The van der Waals surface area contributed by atoms with Crippen molar-refractivity contribution in [3.63, 3.8) is 0 Å². The Labute approximate surface area is 77.4 Å². The van der Waals surface area contributed by atoms with Gasteiger partial charge in [0.2, 0.25) is 0 Å². The van der Waals surface area contributed by atoms with Crippen LogP contribution < -0.4 is 0 Å². The highest BCUT2D eigenvalue weighted by atomic mass is 16.5. The predicted octanol–water partition coefficient (Wildman–Crippen LogP) is 1.31. The lowest BCUT2D eigenvalue weighted by Gasteiger charge is -2.47. The Morgan fingerprint density at radius 1 is 1.62 bits per heavy atom. The molecule has 3 nitrogen and oxygen atoms in total. The Morgan fingerprint density at radius 2 is 2.31 bits per heavy atom. The molecule has 72 valence electrons. The van der Waals surface area contributed by atoms with E-state index in [-0.39, 0.29) is 23.4 Å². The van der Waals surface area contributed by atoms with Crippen LogP contribution in [-0.4, -0.2) is 17.9 Å². The highest BCUT2D eigenvalue weighted by Crippen LogP contribution is 2.56. The third-order valence-corrected chi connectivity index (χ3v) is 3.59. The second-order valence-electron chi connectivity index (χ2n) is 4.36. The first kappa shape index (κ1) is 8.73. The van der Waals surface area contributed by atoms with Crippen molar-refractivity contribution in [2.45, 2.75) is 39.2 Å². The van der Waals surface area contributed by atoms with Crippen molar-refractivity contribution in [3.05, 3.63) is 0 Å². The molecule has 0 spiro atoms. The van der Waals surface area contributed by atoms with Gasteiger partial charge in [-0.25, -0.2) is 0 Å². The molecule has 2 fully saturated rings. The number of Topliss-reactive ketones (excluding diaryl/α,β-unsaturated/α-hetero) is 1. The zero-order valence-electron chi connectivity index (χ0n) is 8.00. The minimum absolute atomic E-state index is 0.0125. The molecule has 2 rings (SSSR count). The van der Waals surface area contributed by atoms with Crippen LogP contribution in [0.4, 0.5) is 0 Å². The van der Waals surface area contributed by atoms with Crippen LogP contribution in [0.25, 0.3) is 0 Å². The molecular formula is C10H14O3. The molecule has 0 aromatic rings. The van der Waals surface area contributed by atoms with Gasteiger partial charge in [0.1, 0.15) is 11.9 Å². The molecule has 0 N–H and O–H groups in total. The Kier molecular flexibility index (Phi) is 1.72. The van der Waals surface area contributed by atoms with Crippen molar-refractivity contribution in [1.82, 2.24) is 0 Å². The van der Waals surface area contributed by atoms with Gasteiger partial charge in [-0.05, 0) is 12.8 Å². The van der Waals surface area contributed by atoms with E-state index in [1.165, 1.54) is 6.92 Å². The summed E-state index contributed by atoms with van der Waals surface area (Å²) in [6, 6.07) is 0. The lowest BCUT2D eigenvalue weighted by atomic mass is 9.60. The van der Waals surface area contributed by atoms with Gasteiger partial charge in [0.15, 0.2) is 0 Å². The SMILES string of the molecule is CC(=O)OC1CC2C(=O)CCC12C. The number of carbonyl (C=O) groups excluding carboxylic acids is 2. The lowest BCUT2D eigenvalue weighted by Crippen LogP contribution is -2.51. The molecule has 3 unspecified atom stereocenters. The first-order valence-corrected chi connectivity index (χ1v) is 4.74. The molecule has 2 aliphatic carbocycles. The van der Waals surface area contributed by atoms with Crippen LogP contribution in [0.2, 0.25) is 0 Å². The summed E-state index contributed by atoms with van der Waals surface area (Å²) in [5, 5.41) is 0. The number of rotatable bonds is 1. The Bertz CT molecular complexity index is 271. The first-order chi connectivity index (χ1) is 6.04. The van der Waals surface area contributed by atoms with E-state index in [0.29, 0.717) is 12.2 Å². The van der Waals surface area contributed by atoms with Crippen LogP contribution in [0.3, 0.4) is 0 Å². The largest absolute Gasteiger partial charge is 0.462 e. The van der Waals surface area contributed by atoms with Crippen molar-refractivity contribution < 1.29 is 14.3 Å². The van der Waals surface area contributed by atoms with E-state index in [1.54, 1.807) is 0 Å². The van der Waals surface area contributed by atoms with Crippen LogP contribution in [0, 0.1) is 11.3 Å². The van der Waals surface area contributed by atoms with Gasteiger partial charge in [0.05, 0.1) is 0 Å². The van der Waals surface area contributed by atoms with E-state index in [4.69, 9.17) is 4.74 Å². The van der Waals surface area contributed by atoms with E-state index in [0.717, 1.165) is 12.8 Å². The third kappa shape index (κ3) is 1.10. The molecule has 13 heavy (non-hydrogen) atoms. The second-order valence-corrected chi connectivity index (χ2v) is 4.36. The van der Waals surface area contributed by atoms with Gasteiger partial charge >= 0.3 is 5.97 Å².